The molecule has 0 fully saturated rings. The molecule has 0 heterocycles. The van der Waals surface area contributed by atoms with E-state index in [2.05, 4.69) is 5.32 Å². The molecule has 18 heavy (non-hydrogen) atoms. The van der Waals surface area contributed by atoms with Crippen molar-refractivity contribution in [3.8, 4) is 0 Å². The molecule has 0 aliphatic heterocycles. The quantitative estimate of drug-likeness (QED) is 0.870. The second-order valence-corrected chi connectivity index (χ2v) is 4.63. The van der Waals surface area contributed by atoms with Crippen molar-refractivity contribution in [2.75, 3.05) is 6.54 Å². The van der Waals surface area contributed by atoms with Gasteiger partial charge < -0.3 is 10.4 Å². The summed E-state index contributed by atoms with van der Waals surface area (Å²) in [6, 6.07) is 6.94. The van der Waals surface area contributed by atoms with Gasteiger partial charge in [0.2, 0.25) is 0 Å². The van der Waals surface area contributed by atoms with Crippen molar-refractivity contribution in [3.05, 3.63) is 34.9 Å². The number of rotatable bonds is 5. The summed E-state index contributed by atoms with van der Waals surface area (Å²) >= 11 is 5.73. The summed E-state index contributed by atoms with van der Waals surface area (Å²) in [4.78, 5) is 0. The molecular weight excluding hydrogens is 267 g/mol. The van der Waals surface area contributed by atoms with Gasteiger partial charge in [-0.2, -0.15) is 13.2 Å². The smallest absolute Gasteiger partial charge is 0.382 e. The molecule has 1 aromatic carbocycles. The van der Waals surface area contributed by atoms with Gasteiger partial charge in [-0.3, -0.25) is 0 Å². The summed E-state index contributed by atoms with van der Waals surface area (Å²) < 4.78 is 36.2. The molecule has 0 spiro atoms. The monoisotopic (exact) mass is 281 g/mol. The number of halogens is 4. The fourth-order valence-electron chi connectivity index (χ4n) is 1.47. The van der Waals surface area contributed by atoms with E-state index in [-0.39, 0.29) is 6.04 Å². The third-order valence-electron chi connectivity index (χ3n) is 2.49. The van der Waals surface area contributed by atoms with Gasteiger partial charge >= 0.3 is 6.18 Å². The van der Waals surface area contributed by atoms with Crippen molar-refractivity contribution >= 4 is 11.6 Å². The Morgan fingerprint density at radius 2 is 1.83 bits per heavy atom. The molecule has 0 aliphatic rings. The maximum Gasteiger partial charge on any atom is 0.415 e. The van der Waals surface area contributed by atoms with E-state index in [0.29, 0.717) is 11.4 Å². The van der Waals surface area contributed by atoms with Crippen LogP contribution in [0.4, 0.5) is 13.2 Å². The fraction of sp³-hybridized carbons (Fsp3) is 0.500. The number of hydrogen-bond acceptors (Lipinski definition) is 2. The van der Waals surface area contributed by atoms with E-state index in [4.69, 9.17) is 16.7 Å². The van der Waals surface area contributed by atoms with Crippen LogP contribution in [0.15, 0.2) is 24.3 Å². The Labute approximate surface area is 109 Å². The fourth-order valence-corrected chi connectivity index (χ4v) is 1.60. The summed E-state index contributed by atoms with van der Waals surface area (Å²) in [5.74, 6) is 0. The van der Waals surface area contributed by atoms with E-state index in [1.165, 1.54) is 0 Å². The molecule has 0 bridgehead atoms. The second-order valence-electron chi connectivity index (χ2n) is 4.20. The molecule has 0 amide bonds. The lowest BCUT2D eigenvalue weighted by atomic mass is 10.1. The van der Waals surface area contributed by atoms with Crippen LogP contribution in [0.1, 0.15) is 12.5 Å². The van der Waals surface area contributed by atoms with Gasteiger partial charge in [0, 0.05) is 17.6 Å². The van der Waals surface area contributed by atoms with Gasteiger partial charge in [0.1, 0.15) is 0 Å². The zero-order valence-corrected chi connectivity index (χ0v) is 10.6. The van der Waals surface area contributed by atoms with Gasteiger partial charge in [-0.15, -0.1) is 0 Å². The summed E-state index contributed by atoms with van der Waals surface area (Å²) in [7, 11) is 0. The van der Waals surface area contributed by atoms with Crippen molar-refractivity contribution < 1.29 is 18.3 Å². The average molecular weight is 282 g/mol. The molecule has 6 heteroatoms. The molecule has 0 saturated carbocycles. The molecule has 1 rings (SSSR count). The largest absolute Gasteiger partial charge is 0.415 e. The zero-order valence-electron chi connectivity index (χ0n) is 9.84. The highest BCUT2D eigenvalue weighted by molar-refractivity contribution is 6.30. The van der Waals surface area contributed by atoms with Crippen LogP contribution in [0.25, 0.3) is 0 Å². The molecule has 1 aromatic rings. The van der Waals surface area contributed by atoms with Gasteiger partial charge in [-0.1, -0.05) is 23.7 Å². The molecule has 2 unspecified atom stereocenters. The molecule has 2 atom stereocenters. The lowest BCUT2D eigenvalue weighted by Gasteiger charge is -2.19. The third kappa shape index (κ3) is 5.25. The Morgan fingerprint density at radius 1 is 1.28 bits per heavy atom. The molecule has 0 saturated heterocycles. The third-order valence-corrected chi connectivity index (χ3v) is 2.74. The van der Waals surface area contributed by atoms with E-state index in [0.717, 1.165) is 5.56 Å². The van der Waals surface area contributed by atoms with Crippen molar-refractivity contribution in [1.29, 1.82) is 0 Å². The number of aliphatic hydroxyl groups excluding tert-OH is 1. The first-order valence-electron chi connectivity index (χ1n) is 5.51. The van der Waals surface area contributed by atoms with Crippen molar-refractivity contribution in [2.45, 2.75) is 31.7 Å². The Kier molecular flexibility index (Phi) is 5.44. The minimum absolute atomic E-state index is 0.164. The Bertz CT molecular complexity index is 367. The highest BCUT2D eigenvalue weighted by atomic mass is 35.5. The maximum atomic E-state index is 12.1. The molecular formula is C12H15ClF3NO. The Balaban J connectivity index is 2.38. The lowest BCUT2D eigenvalue weighted by molar-refractivity contribution is -0.202. The van der Waals surface area contributed by atoms with E-state index in [1.54, 1.807) is 19.1 Å². The van der Waals surface area contributed by atoms with E-state index >= 15 is 0 Å². The van der Waals surface area contributed by atoms with Gasteiger partial charge in [-0.05, 0) is 31.0 Å². The summed E-state index contributed by atoms with van der Waals surface area (Å²) in [5, 5.41) is 12.1. The van der Waals surface area contributed by atoms with Gasteiger partial charge in [-0.25, -0.2) is 0 Å². The molecule has 102 valence electrons. The number of alkyl halides is 3. The normalized spacial score (nSPS) is 15.4. The van der Waals surface area contributed by atoms with Crippen LogP contribution in [0.3, 0.4) is 0 Å². The Hall–Kier alpha value is -0.780. The SMILES string of the molecule is CC(Cc1ccc(Cl)cc1)NCC(O)C(F)(F)F. The number of aliphatic hydroxyl groups is 1. The van der Waals surface area contributed by atoms with E-state index < -0.39 is 18.8 Å². The highest BCUT2D eigenvalue weighted by Gasteiger charge is 2.37. The van der Waals surface area contributed by atoms with Crippen molar-refractivity contribution in [2.24, 2.45) is 0 Å². The summed E-state index contributed by atoms with van der Waals surface area (Å²) in [6.45, 7) is 1.26. The van der Waals surface area contributed by atoms with E-state index in [1.807, 2.05) is 12.1 Å². The van der Waals surface area contributed by atoms with Crippen LogP contribution >= 0.6 is 11.6 Å². The zero-order chi connectivity index (χ0) is 13.8. The molecule has 0 aromatic heterocycles. The van der Waals surface area contributed by atoms with Crippen LogP contribution in [0.2, 0.25) is 5.02 Å². The number of hydrogen-bond donors (Lipinski definition) is 2. The Morgan fingerprint density at radius 3 is 2.33 bits per heavy atom. The predicted octanol–water partition coefficient (Wildman–Crippen LogP) is 2.78. The van der Waals surface area contributed by atoms with Gasteiger partial charge in [0.05, 0.1) is 0 Å². The van der Waals surface area contributed by atoms with Gasteiger partial charge in [0.15, 0.2) is 6.10 Å². The number of nitrogens with one attached hydrogen (secondary N) is 1. The second kappa shape index (κ2) is 6.41. The predicted molar refractivity (Wildman–Crippen MR) is 64.7 cm³/mol. The van der Waals surface area contributed by atoms with Crippen molar-refractivity contribution in [3.63, 3.8) is 0 Å². The molecule has 0 radical (unpaired) electrons. The molecule has 2 N–H and O–H groups in total. The number of benzene rings is 1. The summed E-state index contributed by atoms with van der Waals surface area (Å²) in [6.07, 6.45) is -6.33. The maximum absolute atomic E-state index is 12.1. The topological polar surface area (TPSA) is 32.3 Å². The minimum Gasteiger partial charge on any atom is -0.382 e. The van der Waals surface area contributed by atoms with Crippen LogP contribution < -0.4 is 5.32 Å². The first kappa shape index (κ1) is 15.3. The average Bonchev–Trinajstić information content (AvgIpc) is 2.28. The van der Waals surface area contributed by atoms with Crippen LogP contribution in [0, 0.1) is 0 Å². The lowest BCUT2D eigenvalue weighted by Crippen LogP contribution is -2.42. The first-order valence-corrected chi connectivity index (χ1v) is 5.89. The van der Waals surface area contributed by atoms with Crippen LogP contribution in [0.5, 0.6) is 0 Å². The van der Waals surface area contributed by atoms with Gasteiger partial charge in [0.25, 0.3) is 0 Å². The van der Waals surface area contributed by atoms with E-state index in [9.17, 15) is 13.2 Å². The standard InChI is InChI=1S/C12H15ClF3NO/c1-8(17-7-11(18)12(14,15)16)6-9-2-4-10(13)5-3-9/h2-5,8,11,17-18H,6-7H2,1H3. The molecule has 0 aliphatic carbocycles. The van der Waals surface area contributed by atoms with Crippen molar-refractivity contribution in [1.82, 2.24) is 5.32 Å². The highest BCUT2D eigenvalue weighted by Crippen LogP contribution is 2.19. The van der Waals surface area contributed by atoms with Crippen LogP contribution in [-0.2, 0) is 6.42 Å². The molecule has 2 nitrogen and oxygen atoms in total. The van der Waals surface area contributed by atoms with Crippen LogP contribution in [-0.4, -0.2) is 30.0 Å². The minimum atomic E-state index is -4.58. The summed E-state index contributed by atoms with van der Waals surface area (Å²) in [5.41, 5.74) is 0.973. The first-order chi connectivity index (χ1) is 8.29.